The van der Waals surface area contributed by atoms with Crippen molar-refractivity contribution in [1.29, 1.82) is 0 Å². The first-order valence-electron chi connectivity index (χ1n) is 6.74. The maximum Gasteiger partial charge on any atom is 0.313 e. The minimum absolute atomic E-state index is 0.116. The zero-order valence-corrected chi connectivity index (χ0v) is 12.8. The summed E-state index contributed by atoms with van der Waals surface area (Å²) in [5.41, 5.74) is 0.269. The maximum absolute atomic E-state index is 13.0. The zero-order valence-electron chi connectivity index (χ0n) is 12.1. The fraction of sp³-hybridized carbons (Fsp3) is 0.429. The number of benzene rings is 1. The molecular weight excluding hydrogens is 297 g/mol. The summed E-state index contributed by atoms with van der Waals surface area (Å²) in [4.78, 5) is 25.4. The molecular formula is C14H19ClFN3O2. The molecule has 0 radical (unpaired) electrons. The summed E-state index contributed by atoms with van der Waals surface area (Å²) >= 11 is 5.59. The Morgan fingerprint density at radius 2 is 1.90 bits per heavy atom. The summed E-state index contributed by atoms with van der Waals surface area (Å²) in [5.74, 6) is -2.13. The molecule has 0 spiro atoms. The molecule has 21 heavy (non-hydrogen) atoms. The minimum Gasteiger partial charge on any atom is -0.347 e. The van der Waals surface area contributed by atoms with Gasteiger partial charge >= 0.3 is 11.8 Å². The van der Waals surface area contributed by atoms with Crippen LogP contribution in [0.1, 0.15) is 13.8 Å². The second-order valence-corrected chi connectivity index (χ2v) is 4.77. The number of nitrogens with zero attached hydrogens (tertiary/aromatic N) is 1. The standard InChI is InChI=1S/C14H19ClFN3O2/c1-3-19(4-2)8-7-17-13(20)14(21)18-10-5-6-12(16)11(15)9-10/h5-6,9H,3-4,7-8H2,1-2H3,(H,17,20)(H,18,21). The van der Waals surface area contributed by atoms with E-state index in [1.54, 1.807) is 0 Å². The molecule has 0 aliphatic heterocycles. The average molecular weight is 316 g/mol. The van der Waals surface area contributed by atoms with Crippen LogP contribution >= 0.6 is 11.6 Å². The Morgan fingerprint density at radius 1 is 1.24 bits per heavy atom. The van der Waals surface area contributed by atoms with Gasteiger partial charge in [0.1, 0.15) is 5.82 Å². The molecule has 116 valence electrons. The van der Waals surface area contributed by atoms with E-state index in [1.165, 1.54) is 12.1 Å². The molecule has 7 heteroatoms. The highest BCUT2D eigenvalue weighted by atomic mass is 35.5. The molecule has 1 aromatic rings. The van der Waals surface area contributed by atoms with Crippen molar-refractivity contribution < 1.29 is 14.0 Å². The second-order valence-electron chi connectivity index (χ2n) is 4.37. The lowest BCUT2D eigenvalue weighted by molar-refractivity contribution is -0.136. The number of hydrogen-bond donors (Lipinski definition) is 2. The predicted molar refractivity (Wildman–Crippen MR) is 80.8 cm³/mol. The number of nitrogens with one attached hydrogen (secondary N) is 2. The summed E-state index contributed by atoms with van der Waals surface area (Å²) in [5, 5.41) is 4.77. The van der Waals surface area contributed by atoms with Gasteiger partial charge in [0.05, 0.1) is 5.02 Å². The van der Waals surface area contributed by atoms with Crippen molar-refractivity contribution in [3.05, 3.63) is 29.0 Å². The van der Waals surface area contributed by atoms with Gasteiger partial charge in [0, 0.05) is 18.8 Å². The van der Waals surface area contributed by atoms with E-state index in [9.17, 15) is 14.0 Å². The number of hydrogen-bond acceptors (Lipinski definition) is 3. The van der Waals surface area contributed by atoms with Gasteiger partial charge in [-0.15, -0.1) is 0 Å². The molecule has 1 aromatic carbocycles. The van der Waals surface area contributed by atoms with Crippen LogP contribution < -0.4 is 10.6 Å². The van der Waals surface area contributed by atoms with E-state index < -0.39 is 17.6 Å². The molecule has 0 heterocycles. The van der Waals surface area contributed by atoms with Crippen LogP contribution in [0.15, 0.2) is 18.2 Å². The molecule has 0 unspecified atom stereocenters. The van der Waals surface area contributed by atoms with Crippen molar-refractivity contribution in [3.8, 4) is 0 Å². The molecule has 0 aliphatic rings. The van der Waals surface area contributed by atoms with Crippen LogP contribution in [0.4, 0.5) is 10.1 Å². The lowest BCUT2D eigenvalue weighted by atomic mass is 10.3. The lowest BCUT2D eigenvalue weighted by Crippen LogP contribution is -2.40. The quantitative estimate of drug-likeness (QED) is 0.788. The minimum atomic E-state index is -0.808. The number of halogens is 2. The molecule has 0 saturated carbocycles. The van der Waals surface area contributed by atoms with Crippen LogP contribution in [0.3, 0.4) is 0 Å². The molecule has 0 aliphatic carbocycles. The van der Waals surface area contributed by atoms with Gasteiger partial charge in [-0.3, -0.25) is 9.59 Å². The molecule has 1 rings (SSSR count). The number of amides is 2. The second kappa shape index (κ2) is 8.59. The van der Waals surface area contributed by atoms with Crippen LogP contribution in [0, 0.1) is 5.82 Å². The van der Waals surface area contributed by atoms with Crippen molar-refractivity contribution in [3.63, 3.8) is 0 Å². The Balaban J connectivity index is 2.44. The van der Waals surface area contributed by atoms with Crippen LogP contribution in [0.25, 0.3) is 0 Å². The van der Waals surface area contributed by atoms with Crippen molar-refractivity contribution in [2.45, 2.75) is 13.8 Å². The number of rotatable bonds is 6. The zero-order chi connectivity index (χ0) is 15.8. The first-order valence-corrected chi connectivity index (χ1v) is 7.12. The van der Waals surface area contributed by atoms with Crippen molar-refractivity contribution in [2.24, 2.45) is 0 Å². The maximum atomic E-state index is 13.0. The van der Waals surface area contributed by atoms with Gasteiger partial charge in [0.15, 0.2) is 0 Å². The first-order chi connectivity index (χ1) is 9.97. The monoisotopic (exact) mass is 315 g/mol. The van der Waals surface area contributed by atoms with Gasteiger partial charge in [-0.2, -0.15) is 0 Å². The lowest BCUT2D eigenvalue weighted by Gasteiger charge is -2.17. The largest absolute Gasteiger partial charge is 0.347 e. The topological polar surface area (TPSA) is 61.4 Å². The normalized spacial score (nSPS) is 10.5. The van der Waals surface area contributed by atoms with Gasteiger partial charge in [-0.25, -0.2) is 4.39 Å². The van der Waals surface area contributed by atoms with Crippen LogP contribution in [-0.2, 0) is 9.59 Å². The van der Waals surface area contributed by atoms with Crippen molar-refractivity contribution in [1.82, 2.24) is 10.2 Å². The Bertz CT molecular complexity index is 507. The summed E-state index contributed by atoms with van der Waals surface area (Å²) in [6.07, 6.45) is 0. The summed E-state index contributed by atoms with van der Waals surface area (Å²) in [7, 11) is 0. The number of likely N-dealkylation sites (N-methyl/N-ethyl adjacent to an activating group) is 1. The highest BCUT2D eigenvalue weighted by Gasteiger charge is 2.14. The molecule has 0 bridgehead atoms. The predicted octanol–water partition coefficient (Wildman–Crippen LogP) is 1.88. The molecule has 0 aromatic heterocycles. The van der Waals surface area contributed by atoms with E-state index in [4.69, 9.17) is 11.6 Å². The smallest absolute Gasteiger partial charge is 0.313 e. The van der Waals surface area contributed by atoms with Crippen LogP contribution in [0.5, 0.6) is 0 Å². The third kappa shape index (κ3) is 5.69. The molecule has 2 amide bonds. The summed E-state index contributed by atoms with van der Waals surface area (Å²) in [6.45, 7) is 6.87. The van der Waals surface area contributed by atoms with Crippen LogP contribution in [-0.4, -0.2) is 42.9 Å². The number of carbonyl (C=O) groups is 2. The first kappa shape index (κ1) is 17.4. The summed E-state index contributed by atoms with van der Waals surface area (Å²) < 4.78 is 13.0. The van der Waals surface area contributed by atoms with E-state index in [0.29, 0.717) is 13.1 Å². The molecule has 0 saturated heterocycles. The summed E-state index contributed by atoms with van der Waals surface area (Å²) in [6, 6.07) is 3.70. The third-order valence-electron chi connectivity index (χ3n) is 2.99. The Labute approximate surface area is 128 Å². The Kier molecular flexibility index (Phi) is 7.11. The number of carbonyl (C=O) groups excluding carboxylic acids is 2. The van der Waals surface area contributed by atoms with Gasteiger partial charge in [-0.1, -0.05) is 25.4 Å². The molecule has 0 atom stereocenters. The molecule has 5 nitrogen and oxygen atoms in total. The van der Waals surface area contributed by atoms with Crippen LogP contribution in [0.2, 0.25) is 5.02 Å². The fourth-order valence-corrected chi connectivity index (χ4v) is 1.89. The van der Waals surface area contributed by atoms with E-state index in [0.717, 1.165) is 19.2 Å². The fourth-order valence-electron chi connectivity index (χ4n) is 1.71. The van der Waals surface area contributed by atoms with E-state index in [2.05, 4.69) is 15.5 Å². The highest BCUT2D eigenvalue weighted by molar-refractivity contribution is 6.39. The van der Waals surface area contributed by atoms with Crippen molar-refractivity contribution in [2.75, 3.05) is 31.5 Å². The van der Waals surface area contributed by atoms with Gasteiger partial charge in [0.25, 0.3) is 0 Å². The average Bonchev–Trinajstić information content (AvgIpc) is 2.47. The van der Waals surface area contributed by atoms with E-state index >= 15 is 0 Å². The van der Waals surface area contributed by atoms with Gasteiger partial charge < -0.3 is 15.5 Å². The van der Waals surface area contributed by atoms with Crippen molar-refractivity contribution >= 4 is 29.1 Å². The van der Waals surface area contributed by atoms with E-state index in [-0.39, 0.29) is 10.7 Å². The Hall–Kier alpha value is -1.66. The molecule has 0 fully saturated rings. The SMILES string of the molecule is CCN(CC)CCNC(=O)C(=O)Nc1ccc(F)c(Cl)c1. The van der Waals surface area contributed by atoms with Gasteiger partial charge in [-0.05, 0) is 31.3 Å². The third-order valence-corrected chi connectivity index (χ3v) is 3.28. The number of anilines is 1. The highest BCUT2D eigenvalue weighted by Crippen LogP contribution is 2.19. The van der Waals surface area contributed by atoms with Gasteiger partial charge in [0.2, 0.25) is 0 Å². The molecule has 2 N–H and O–H groups in total. The van der Waals surface area contributed by atoms with E-state index in [1.807, 2.05) is 13.8 Å². The Morgan fingerprint density at radius 3 is 2.48 bits per heavy atom.